The van der Waals surface area contributed by atoms with Crippen LogP contribution in [0, 0.1) is 20.8 Å². The molecule has 0 aliphatic rings. The maximum atomic E-state index is 12.3. The standard InChI is InChI=1S/C18H19N5O/c1-12-4-5-13(2)15(6-12)7-19-17(24)16-8-20-18(21-9-16)23-10-14(3)22-11-23/h4-6,8-11H,7H2,1-3H3,(H,19,24). The predicted molar refractivity (Wildman–Crippen MR) is 91.0 cm³/mol. The van der Waals surface area contributed by atoms with E-state index in [2.05, 4.69) is 38.5 Å². The number of aryl methyl sites for hydroxylation is 3. The average molecular weight is 321 g/mol. The van der Waals surface area contributed by atoms with Crippen molar-refractivity contribution in [1.29, 1.82) is 0 Å². The molecule has 0 saturated carbocycles. The number of rotatable bonds is 4. The third kappa shape index (κ3) is 3.48. The summed E-state index contributed by atoms with van der Waals surface area (Å²) in [6, 6.07) is 6.20. The molecule has 0 unspecified atom stereocenters. The van der Waals surface area contributed by atoms with Crippen LogP contribution in [0.15, 0.2) is 43.1 Å². The first kappa shape index (κ1) is 15.9. The quantitative estimate of drug-likeness (QED) is 0.801. The van der Waals surface area contributed by atoms with Crippen LogP contribution in [-0.4, -0.2) is 25.4 Å². The zero-order valence-electron chi connectivity index (χ0n) is 13.9. The number of nitrogens with one attached hydrogen (secondary N) is 1. The first-order valence-electron chi connectivity index (χ1n) is 7.70. The second-order valence-electron chi connectivity index (χ2n) is 5.81. The molecule has 0 spiro atoms. The molecule has 0 radical (unpaired) electrons. The molecule has 0 bridgehead atoms. The van der Waals surface area contributed by atoms with Gasteiger partial charge in [-0.25, -0.2) is 15.0 Å². The van der Waals surface area contributed by atoms with Crippen LogP contribution in [0.25, 0.3) is 5.95 Å². The van der Waals surface area contributed by atoms with Gasteiger partial charge in [0, 0.05) is 25.1 Å². The van der Waals surface area contributed by atoms with Crippen molar-refractivity contribution < 1.29 is 4.79 Å². The Kier molecular flexibility index (Phi) is 4.37. The van der Waals surface area contributed by atoms with Crippen LogP contribution in [0.4, 0.5) is 0 Å². The molecule has 1 N–H and O–H groups in total. The molecular formula is C18H19N5O. The third-order valence-electron chi connectivity index (χ3n) is 3.79. The fourth-order valence-electron chi connectivity index (χ4n) is 2.37. The first-order chi connectivity index (χ1) is 11.5. The van der Waals surface area contributed by atoms with E-state index < -0.39 is 0 Å². The van der Waals surface area contributed by atoms with Gasteiger partial charge in [0.25, 0.3) is 5.91 Å². The summed E-state index contributed by atoms with van der Waals surface area (Å²) in [5.41, 5.74) is 4.75. The van der Waals surface area contributed by atoms with Gasteiger partial charge in [0.15, 0.2) is 0 Å². The van der Waals surface area contributed by atoms with Crippen molar-refractivity contribution in [1.82, 2.24) is 24.8 Å². The van der Waals surface area contributed by atoms with Gasteiger partial charge < -0.3 is 5.32 Å². The van der Waals surface area contributed by atoms with E-state index in [0.29, 0.717) is 18.1 Å². The predicted octanol–water partition coefficient (Wildman–Crippen LogP) is 2.52. The van der Waals surface area contributed by atoms with Crippen LogP contribution >= 0.6 is 0 Å². The summed E-state index contributed by atoms with van der Waals surface area (Å²) in [4.78, 5) is 24.8. The van der Waals surface area contributed by atoms with Crippen LogP contribution < -0.4 is 5.32 Å². The lowest BCUT2D eigenvalue weighted by molar-refractivity contribution is 0.0950. The van der Waals surface area contributed by atoms with E-state index in [0.717, 1.165) is 16.8 Å². The van der Waals surface area contributed by atoms with Crippen LogP contribution in [0.1, 0.15) is 32.7 Å². The molecule has 122 valence electrons. The van der Waals surface area contributed by atoms with E-state index in [4.69, 9.17) is 0 Å². The van der Waals surface area contributed by atoms with E-state index in [1.54, 1.807) is 10.9 Å². The molecule has 0 aliphatic heterocycles. The van der Waals surface area contributed by atoms with Crippen LogP contribution in [0.2, 0.25) is 0 Å². The van der Waals surface area contributed by atoms with Gasteiger partial charge >= 0.3 is 0 Å². The zero-order valence-corrected chi connectivity index (χ0v) is 13.9. The number of hydrogen-bond donors (Lipinski definition) is 1. The van der Waals surface area contributed by atoms with E-state index in [-0.39, 0.29) is 5.91 Å². The highest BCUT2D eigenvalue weighted by atomic mass is 16.1. The number of hydrogen-bond acceptors (Lipinski definition) is 4. The average Bonchev–Trinajstić information content (AvgIpc) is 3.02. The van der Waals surface area contributed by atoms with E-state index in [1.165, 1.54) is 18.0 Å². The summed E-state index contributed by atoms with van der Waals surface area (Å²) in [5.74, 6) is 0.297. The smallest absolute Gasteiger partial charge is 0.254 e. The van der Waals surface area contributed by atoms with Crippen molar-refractivity contribution in [2.75, 3.05) is 0 Å². The van der Waals surface area contributed by atoms with Crippen LogP contribution in [0.5, 0.6) is 0 Å². The van der Waals surface area contributed by atoms with Crippen LogP contribution in [-0.2, 0) is 6.54 Å². The van der Waals surface area contributed by atoms with Gasteiger partial charge in [-0.3, -0.25) is 9.36 Å². The van der Waals surface area contributed by atoms with Crippen molar-refractivity contribution in [3.05, 3.63) is 71.1 Å². The Bertz CT molecular complexity index is 867. The Labute approximate surface area is 140 Å². The Morgan fingerprint density at radius 3 is 2.54 bits per heavy atom. The summed E-state index contributed by atoms with van der Waals surface area (Å²) >= 11 is 0. The maximum absolute atomic E-state index is 12.3. The first-order valence-corrected chi connectivity index (χ1v) is 7.70. The van der Waals surface area contributed by atoms with Gasteiger partial charge in [-0.15, -0.1) is 0 Å². The van der Waals surface area contributed by atoms with Crippen molar-refractivity contribution >= 4 is 5.91 Å². The molecule has 0 atom stereocenters. The van der Waals surface area contributed by atoms with E-state index >= 15 is 0 Å². The molecule has 1 aromatic carbocycles. The second-order valence-corrected chi connectivity index (χ2v) is 5.81. The molecule has 3 rings (SSSR count). The fraction of sp³-hybridized carbons (Fsp3) is 0.222. The fourth-order valence-corrected chi connectivity index (χ4v) is 2.37. The van der Waals surface area contributed by atoms with E-state index in [1.807, 2.05) is 27.0 Å². The largest absolute Gasteiger partial charge is 0.348 e. The Morgan fingerprint density at radius 1 is 1.12 bits per heavy atom. The van der Waals surface area contributed by atoms with Crippen molar-refractivity contribution in [3.63, 3.8) is 0 Å². The molecule has 1 amide bonds. The summed E-state index contributed by atoms with van der Waals surface area (Å²) in [7, 11) is 0. The minimum atomic E-state index is -0.190. The number of amides is 1. The minimum Gasteiger partial charge on any atom is -0.348 e. The third-order valence-corrected chi connectivity index (χ3v) is 3.79. The number of aromatic nitrogens is 4. The van der Waals surface area contributed by atoms with Gasteiger partial charge in [-0.2, -0.15) is 0 Å². The van der Waals surface area contributed by atoms with Gasteiger partial charge in [0.05, 0.1) is 11.3 Å². The van der Waals surface area contributed by atoms with Gasteiger partial charge in [-0.1, -0.05) is 23.8 Å². The van der Waals surface area contributed by atoms with Crippen LogP contribution in [0.3, 0.4) is 0 Å². The number of carbonyl (C=O) groups excluding carboxylic acids is 1. The van der Waals surface area contributed by atoms with E-state index in [9.17, 15) is 4.79 Å². The number of carbonyl (C=O) groups is 1. The molecule has 6 nitrogen and oxygen atoms in total. The summed E-state index contributed by atoms with van der Waals surface area (Å²) in [5, 5.41) is 2.91. The molecule has 24 heavy (non-hydrogen) atoms. The maximum Gasteiger partial charge on any atom is 0.254 e. The van der Waals surface area contributed by atoms with Crippen molar-refractivity contribution in [2.45, 2.75) is 27.3 Å². The highest BCUT2D eigenvalue weighted by Gasteiger charge is 2.09. The summed E-state index contributed by atoms with van der Waals surface area (Å²) < 4.78 is 1.72. The number of benzene rings is 1. The summed E-state index contributed by atoms with van der Waals surface area (Å²) in [6.07, 6.45) is 6.52. The number of nitrogens with zero attached hydrogens (tertiary/aromatic N) is 4. The van der Waals surface area contributed by atoms with Gasteiger partial charge in [0.1, 0.15) is 6.33 Å². The van der Waals surface area contributed by atoms with Gasteiger partial charge in [-0.05, 0) is 31.9 Å². The summed E-state index contributed by atoms with van der Waals surface area (Å²) in [6.45, 7) is 6.45. The molecule has 3 aromatic rings. The highest BCUT2D eigenvalue weighted by molar-refractivity contribution is 5.93. The molecule has 2 aromatic heterocycles. The Hall–Kier alpha value is -3.02. The highest BCUT2D eigenvalue weighted by Crippen LogP contribution is 2.10. The molecule has 6 heteroatoms. The van der Waals surface area contributed by atoms with Gasteiger partial charge in [0.2, 0.25) is 5.95 Å². The minimum absolute atomic E-state index is 0.190. The number of imidazole rings is 1. The monoisotopic (exact) mass is 321 g/mol. The molecule has 2 heterocycles. The zero-order chi connectivity index (χ0) is 17.1. The van der Waals surface area contributed by atoms with Crippen molar-refractivity contribution in [2.24, 2.45) is 0 Å². The normalized spacial score (nSPS) is 10.6. The lowest BCUT2D eigenvalue weighted by Gasteiger charge is -2.09. The molecule has 0 saturated heterocycles. The topological polar surface area (TPSA) is 72.7 Å². The molecule has 0 fully saturated rings. The molecular weight excluding hydrogens is 302 g/mol. The Morgan fingerprint density at radius 2 is 1.88 bits per heavy atom. The Balaban J connectivity index is 1.68. The lowest BCUT2D eigenvalue weighted by Crippen LogP contribution is -2.23. The van der Waals surface area contributed by atoms with Crippen molar-refractivity contribution in [3.8, 4) is 5.95 Å². The lowest BCUT2D eigenvalue weighted by atomic mass is 10.1. The molecule has 0 aliphatic carbocycles. The second kappa shape index (κ2) is 6.62. The SMILES string of the molecule is Cc1ccc(C)c(CNC(=O)c2cnc(-n3cnc(C)c3)nc2)c1.